The molecule has 3 aromatic heterocycles. The molecule has 0 radical (unpaired) electrons. The average molecular weight is 377 g/mol. The number of nitro benzene ring substituents is 1. The van der Waals surface area contributed by atoms with Gasteiger partial charge in [-0.15, -0.1) is 0 Å². The molecule has 0 bridgehead atoms. The number of hydrogen-bond donors (Lipinski definition) is 2. The van der Waals surface area contributed by atoms with Crippen LogP contribution in [-0.4, -0.2) is 35.7 Å². The number of carbonyl (C=O) groups is 1. The van der Waals surface area contributed by atoms with E-state index in [0.717, 1.165) is 16.7 Å². The summed E-state index contributed by atoms with van der Waals surface area (Å²) in [7, 11) is 0. The van der Waals surface area contributed by atoms with Gasteiger partial charge in [0.05, 0.1) is 4.92 Å². The first-order chi connectivity index (χ1) is 13.5. The van der Waals surface area contributed by atoms with Crippen LogP contribution in [0.4, 0.5) is 5.69 Å². The van der Waals surface area contributed by atoms with Crippen LogP contribution in [0.5, 0.6) is 0 Å². The third kappa shape index (κ3) is 2.88. The maximum Gasteiger partial charge on any atom is 0.352 e. The Labute approximate surface area is 158 Å². The molecule has 28 heavy (non-hydrogen) atoms. The van der Waals surface area contributed by atoms with Gasteiger partial charge < -0.3 is 10.1 Å². The van der Waals surface area contributed by atoms with Crippen LogP contribution in [-0.2, 0) is 6.54 Å². The molecule has 0 saturated heterocycles. The van der Waals surface area contributed by atoms with Crippen molar-refractivity contribution in [1.82, 2.24) is 19.7 Å². The number of nitro groups is 1. The fraction of sp³-hybridized carbons (Fsp3) is 0.105. The van der Waals surface area contributed by atoms with Crippen molar-refractivity contribution < 1.29 is 14.8 Å². The van der Waals surface area contributed by atoms with Crippen molar-refractivity contribution in [3.63, 3.8) is 0 Å². The number of fused-ring (bicyclic) bond motifs is 1. The van der Waals surface area contributed by atoms with E-state index in [1.165, 1.54) is 12.1 Å². The zero-order valence-electron chi connectivity index (χ0n) is 14.8. The molecular weight excluding hydrogens is 362 g/mol. The van der Waals surface area contributed by atoms with E-state index in [4.69, 9.17) is 0 Å². The Kier molecular flexibility index (Phi) is 4.11. The lowest BCUT2D eigenvalue weighted by Gasteiger charge is -2.04. The van der Waals surface area contributed by atoms with Gasteiger partial charge in [0.2, 0.25) is 0 Å². The first-order valence-electron chi connectivity index (χ1n) is 8.51. The largest absolute Gasteiger partial charge is 0.477 e. The molecule has 0 unspecified atom stereocenters. The summed E-state index contributed by atoms with van der Waals surface area (Å²) >= 11 is 0. The summed E-state index contributed by atoms with van der Waals surface area (Å²) in [6.45, 7) is 2.60. The summed E-state index contributed by atoms with van der Waals surface area (Å²) in [5.74, 6) is -1.07. The van der Waals surface area contributed by atoms with Crippen molar-refractivity contribution in [3.05, 3.63) is 64.6 Å². The van der Waals surface area contributed by atoms with Crippen molar-refractivity contribution in [1.29, 1.82) is 0 Å². The number of non-ortho nitro benzene ring substituents is 1. The summed E-state index contributed by atoms with van der Waals surface area (Å²) in [5.41, 5.74) is 3.47. The average Bonchev–Trinajstić information content (AvgIpc) is 3.32. The quantitative estimate of drug-likeness (QED) is 0.403. The smallest absolute Gasteiger partial charge is 0.352 e. The molecule has 9 nitrogen and oxygen atoms in total. The fourth-order valence-electron chi connectivity index (χ4n) is 3.11. The third-order valence-electron chi connectivity index (χ3n) is 4.49. The number of H-pyrrole nitrogens is 1. The molecule has 4 aromatic rings. The molecule has 0 aliphatic heterocycles. The Bertz CT molecular complexity index is 1210. The monoisotopic (exact) mass is 377 g/mol. The zero-order chi connectivity index (χ0) is 19.8. The molecule has 1 aromatic carbocycles. The Morgan fingerprint density at radius 1 is 1.25 bits per heavy atom. The number of carboxylic acids is 1. The van der Waals surface area contributed by atoms with Crippen LogP contribution < -0.4 is 0 Å². The molecule has 0 aliphatic rings. The van der Waals surface area contributed by atoms with Crippen LogP contribution in [0.3, 0.4) is 0 Å². The van der Waals surface area contributed by atoms with E-state index in [-0.39, 0.29) is 11.4 Å². The lowest BCUT2D eigenvalue weighted by atomic mass is 10.00. The summed E-state index contributed by atoms with van der Waals surface area (Å²) in [6.07, 6.45) is 3.47. The number of aromatic nitrogens is 4. The predicted molar refractivity (Wildman–Crippen MR) is 102 cm³/mol. The van der Waals surface area contributed by atoms with E-state index in [1.807, 2.05) is 13.1 Å². The molecule has 0 saturated carbocycles. The molecule has 0 amide bonds. The van der Waals surface area contributed by atoms with Crippen LogP contribution in [0.15, 0.2) is 48.8 Å². The van der Waals surface area contributed by atoms with Gasteiger partial charge in [-0.1, -0.05) is 0 Å². The zero-order valence-corrected chi connectivity index (χ0v) is 14.8. The molecule has 0 fully saturated rings. The number of aromatic amines is 1. The van der Waals surface area contributed by atoms with Crippen molar-refractivity contribution in [2.45, 2.75) is 13.5 Å². The molecule has 0 spiro atoms. The fourth-order valence-corrected chi connectivity index (χ4v) is 3.11. The summed E-state index contributed by atoms with van der Waals surface area (Å²) in [5, 5.41) is 25.4. The highest BCUT2D eigenvalue weighted by Gasteiger charge is 2.18. The van der Waals surface area contributed by atoms with Crippen molar-refractivity contribution >= 4 is 22.7 Å². The van der Waals surface area contributed by atoms with Crippen molar-refractivity contribution in [2.75, 3.05) is 0 Å². The van der Waals surface area contributed by atoms with Gasteiger partial charge in [-0.25, -0.2) is 9.78 Å². The minimum absolute atomic E-state index is 0.00302. The van der Waals surface area contributed by atoms with Crippen LogP contribution in [0.1, 0.15) is 17.4 Å². The van der Waals surface area contributed by atoms with E-state index in [0.29, 0.717) is 23.3 Å². The van der Waals surface area contributed by atoms with Gasteiger partial charge in [-0.05, 0) is 36.8 Å². The first kappa shape index (κ1) is 17.4. The standard InChI is InChI=1S/C19H15N5O4/c1-2-23-10-15(17(22-23)11-3-5-12(6-4-11)24(27)28)13-7-8-20-18-14(13)9-16(21-18)19(25)26/h3-10H,2H2,1H3,(H,20,21)(H,25,26). The first-order valence-corrected chi connectivity index (χ1v) is 8.51. The number of hydrogen-bond acceptors (Lipinski definition) is 5. The van der Waals surface area contributed by atoms with Gasteiger partial charge in [-0.2, -0.15) is 5.10 Å². The second kappa shape index (κ2) is 6.62. The highest BCUT2D eigenvalue weighted by molar-refractivity contribution is 6.01. The second-order valence-corrected chi connectivity index (χ2v) is 6.16. The highest BCUT2D eigenvalue weighted by Crippen LogP contribution is 2.35. The number of pyridine rings is 1. The molecule has 2 N–H and O–H groups in total. The second-order valence-electron chi connectivity index (χ2n) is 6.16. The van der Waals surface area contributed by atoms with E-state index in [2.05, 4.69) is 15.1 Å². The van der Waals surface area contributed by atoms with Crippen molar-refractivity contribution in [2.24, 2.45) is 0 Å². The van der Waals surface area contributed by atoms with Gasteiger partial charge in [-0.3, -0.25) is 14.8 Å². The van der Waals surface area contributed by atoms with Gasteiger partial charge in [0.25, 0.3) is 5.69 Å². The van der Waals surface area contributed by atoms with Crippen LogP contribution >= 0.6 is 0 Å². The summed E-state index contributed by atoms with van der Waals surface area (Å²) in [6, 6.07) is 9.52. The number of nitrogens with zero attached hydrogens (tertiary/aromatic N) is 4. The van der Waals surface area contributed by atoms with Gasteiger partial charge >= 0.3 is 5.97 Å². The maximum absolute atomic E-state index is 11.3. The van der Waals surface area contributed by atoms with Crippen molar-refractivity contribution in [3.8, 4) is 22.4 Å². The van der Waals surface area contributed by atoms with Gasteiger partial charge in [0, 0.05) is 47.6 Å². The minimum Gasteiger partial charge on any atom is -0.477 e. The van der Waals surface area contributed by atoms with E-state index >= 15 is 0 Å². The van der Waals surface area contributed by atoms with Crippen LogP contribution in [0, 0.1) is 10.1 Å². The molecular formula is C19H15N5O4. The molecule has 4 rings (SSSR count). The van der Waals surface area contributed by atoms with E-state index in [9.17, 15) is 20.0 Å². The van der Waals surface area contributed by atoms with Crippen LogP contribution in [0.25, 0.3) is 33.4 Å². The number of rotatable bonds is 5. The SMILES string of the molecule is CCn1cc(-c2ccnc3[nH]c(C(=O)O)cc23)c(-c2ccc([N+](=O)[O-])cc2)n1. The Balaban J connectivity index is 1.91. The Morgan fingerprint density at radius 2 is 2.00 bits per heavy atom. The summed E-state index contributed by atoms with van der Waals surface area (Å²) < 4.78 is 1.77. The number of aromatic carboxylic acids is 1. The lowest BCUT2D eigenvalue weighted by molar-refractivity contribution is -0.384. The number of benzene rings is 1. The Morgan fingerprint density at radius 3 is 2.64 bits per heavy atom. The molecule has 9 heteroatoms. The van der Waals surface area contributed by atoms with Crippen LogP contribution in [0.2, 0.25) is 0 Å². The third-order valence-corrected chi connectivity index (χ3v) is 4.49. The van der Waals surface area contributed by atoms with E-state index < -0.39 is 10.9 Å². The van der Waals surface area contributed by atoms with E-state index in [1.54, 1.807) is 35.1 Å². The lowest BCUT2D eigenvalue weighted by Crippen LogP contribution is -1.94. The predicted octanol–water partition coefficient (Wildman–Crippen LogP) is 3.72. The normalized spacial score (nSPS) is 11.0. The molecule has 0 atom stereocenters. The molecule has 0 aliphatic carbocycles. The Hall–Kier alpha value is -4.01. The molecule has 3 heterocycles. The number of carboxylic acid groups (broad SMARTS) is 1. The number of aryl methyl sites for hydroxylation is 1. The van der Waals surface area contributed by atoms with Gasteiger partial charge in [0.1, 0.15) is 17.0 Å². The topological polar surface area (TPSA) is 127 Å². The maximum atomic E-state index is 11.3. The highest BCUT2D eigenvalue weighted by atomic mass is 16.6. The van der Waals surface area contributed by atoms with Gasteiger partial charge in [0.15, 0.2) is 0 Å². The minimum atomic E-state index is -1.07. The number of nitrogens with one attached hydrogen (secondary N) is 1. The molecule has 140 valence electrons. The summed E-state index contributed by atoms with van der Waals surface area (Å²) in [4.78, 5) is 28.8.